The number of pyridine rings is 1. The fourth-order valence-electron chi connectivity index (χ4n) is 2.39. The van der Waals surface area contributed by atoms with Gasteiger partial charge < -0.3 is 5.32 Å². The van der Waals surface area contributed by atoms with Crippen molar-refractivity contribution in [2.45, 2.75) is 6.04 Å². The number of thiazole rings is 1. The highest BCUT2D eigenvalue weighted by Gasteiger charge is 2.17. The van der Waals surface area contributed by atoms with Crippen LogP contribution >= 0.6 is 11.3 Å². The SMILES string of the molecule is c1ccc(C(Nc2ccc3nccnc3n2)c2nccs2)cc1. The summed E-state index contributed by atoms with van der Waals surface area (Å²) in [5.74, 6) is 0.752. The molecular weight excluding hydrogens is 306 g/mol. The molecule has 0 aliphatic rings. The minimum absolute atomic E-state index is 0.0437. The molecular formula is C17H13N5S. The van der Waals surface area contributed by atoms with Crippen LogP contribution < -0.4 is 5.32 Å². The Morgan fingerprint density at radius 1 is 0.870 bits per heavy atom. The highest BCUT2D eigenvalue weighted by atomic mass is 32.1. The third kappa shape index (κ3) is 2.89. The molecule has 23 heavy (non-hydrogen) atoms. The molecule has 1 atom stereocenters. The van der Waals surface area contributed by atoms with Crippen LogP contribution in [-0.2, 0) is 0 Å². The zero-order valence-corrected chi connectivity index (χ0v) is 12.9. The van der Waals surface area contributed by atoms with Gasteiger partial charge in [0.25, 0.3) is 0 Å². The van der Waals surface area contributed by atoms with Crippen LogP contribution in [0.1, 0.15) is 16.6 Å². The Bertz CT molecular complexity index is 909. The van der Waals surface area contributed by atoms with Crippen molar-refractivity contribution in [3.63, 3.8) is 0 Å². The predicted molar refractivity (Wildman–Crippen MR) is 91.4 cm³/mol. The van der Waals surface area contributed by atoms with Crippen molar-refractivity contribution in [2.75, 3.05) is 5.32 Å². The summed E-state index contributed by atoms with van der Waals surface area (Å²) >= 11 is 1.62. The Morgan fingerprint density at radius 3 is 2.57 bits per heavy atom. The molecule has 0 spiro atoms. The molecule has 0 saturated heterocycles. The van der Waals surface area contributed by atoms with E-state index in [0.29, 0.717) is 5.65 Å². The number of nitrogens with zero attached hydrogens (tertiary/aromatic N) is 4. The Labute approximate surface area is 137 Å². The molecule has 0 aliphatic carbocycles. The van der Waals surface area contributed by atoms with Gasteiger partial charge in [-0.2, -0.15) is 0 Å². The zero-order valence-electron chi connectivity index (χ0n) is 12.1. The van der Waals surface area contributed by atoms with Gasteiger partial charge in [-0.15, -0.1) is 11.3 Å². The average molecular weight is 319 g/mol. The number of hydrogen-bond acceptors (Lipinski definition) is 6. The first-order valence-corrected chi connectivity index (χ1v) is 8.07. The van der Waals surface area contributed by atoms with E-state index in [0.717, 1.165) is 21.9 Å². The second-order valence-electron chi connectivity index (χ2n) is 4.95. The van der Waals surface area contributed by atoms with Crippen molar-refractivity contribution in [1.29, 1.82) is 0 Å². The second kappa shape index (κ2) is 6.10. The van der Waals surface area contributed by atoms with Gasteiger partial charge in [0.2, 0.25) is 0 Å². The van der Waals surface area contributed by atoms with Crippen LogP contribution in [0.2, 0.25) is 0 Å². The molecule has 112 valence electrons. The first-order valence-electron chi connectivity index (χ1n) is 7.19. The molecule has 3 heterocycles. The molecule has 5 nitrogen and oxygen atoms in total. The maximum atomic E-state index is 4.54. The number of rotatable bonds is 4. The number of hydrogen-bond donors (Lipinski definition) is 1. The Kier molecular flexibility index (Phi) is 3.65. The van der Waals surface area contributed by atoms with Crippen LogP contribution in [0.4, 0.5) is 5.82 Å². The summed E-state index contributed by atoms with van der Waals surface area (Å²) < 4.78 is 0. The summed E-state index contributed by atoms with van der Waals surface area (Å²) in [6, 6.07) is 14.0. The van der Waals surface area contributed by atoms with Crippen molar-refractivity contribution in [3.8, 4) is 0 Å². The van der Waals surface area contributed by atoms with Gasteiger partial charge in [-0.05, 0) is 17.7 Å². The maximum Gasteiger partial charge on any atom is 0.180 e. The number of anilines is 1. The first-order chi connectivity index (χ1) is 11.4. The zero-order chi connectivity index (χ0) is 15.5. The normalized spacial score (nSPS) is 12.2. The van der Waals surface area contributed by atoms with Crippen LogP contribution in [0.5, 0.6) is 0 Å². The van der Waals surface area contributed by atoms with Crippen molar-refractivity contribution in [3.05, 3.63) is 77.0 Å². The van der Waals surface area contributed by atoms with E-state index >= 15 is 0 Å². The van der Waals surface area contributed by atoms with Crippen LogP contribution in [0.3, 0.4) is 0 Å². The minimum atomic E-state index is -0.0437. The molecule has 0 amide bonds. The Hall–Kier alpha value is -2.86. The predicted octanol–water partition coefficient (Wildman–Crippen LogP) is 3.68. The van der Waals surface area contributed by atoms with E-state index in [1.54, 1.807) is 23.7 Å². The maximum absolute atomic E-state index is 4.54. The van der Waals surface area contributed by atoms with Gasteiger partial charge in [0, 0.05) is 24.0 Å². The van der Waals surface area contributed by atoms with E-state index in [2.05, 4.69) is 37.4 Å². The molecule has 0 radical (unpaired) electrons. The van der Waals surface area contributed by atoms with Crippen molar-refractivity contribution in [1.82, 2.24) is 19.9 Å². The smallest absolute Gasteiger partial charge is 0.180 e. The third-order valence-corrected chi connectivity index (χ3v) is 4.30. The lowest BCUT2D eigenvalue weighted by Crippen LogP contribution is -2.13. The number of fused-ring (bicyclic) bond motifs is 1. The molecule has 1 unspecified atom stereocenters. The van der Waals surface area contributed by atoms with E-state index in [4.69, 9.17) is 0 Å². The summed E-state index contributed by atoms with van der Waals surface area (Å²) in [5, 5.41) is 6.43. The summed E-state index contributed by atoms with van der Waals surface area (Å²) in [5.41, 5.74) is 2.55. The molecule has 1 N–H and O–H groups in total. The average Bonchev–Trinajstić information content (AvgIpc) is 3.14. The van der Waals surface area contributed by atoms with Gasteiger partial charge in [0.15, 0.2) is 5.65 Å². The topological polar surface area (TPSA) is 63.6 Å². The molecule has 0 bridgehead atoms. The molecule has 0 saturated carbocycles. The molecule has 6 heteroatoms. The van der Waals surface area contributed by atoms with E-state index < -0.39 is 0 Å². The summed E-state index contributed by atoms with van der Waals surface area (Å²) in [6.45, 7) is 0. The largest absolute Gasteiger partial charge is 0.357 e. The summed E-state index contributed by atoms with van der Waals surface area (Å²) in [6.07, 6.45) is 5.13. The Morgan fingerprint density at radius 2 is 1.74 bits per heavy atom. The molecule has 1 aromatic carbocycles. The van der Waals surface area contributed by atoms with Crippen LogP contribution in [0, 0.1) is 0 Å². The van der Waals surface area contributed by atoms with Crippen LogP contribution in [-0.4, -0.2) is 19.9 Å². The third-order valence-electron chi connectivity index (χ3n) is 3.46. The minimum Gasteiger partial charge on any atom is -0.357 e. The lowest BCUT2D eigenvalue weighted by Gasteiger charge is -2.17. The van der Waals surface area contributed by atoms with Crippen molar-refractivity contribution in [2.24, 2.45) is 0 Å². The van der Waals surface area contributed by atoms with Crippen molar-refractivity contribution < 1.29 is 0 Å². The molecule has 0 fully saturated rings. The highest BCUT2D eigenvalue weighted by molar-refractivity contribution is 7.09. The van der Waals surface area contributed by atoms with Gasteiger partial charge in [0.1, 0.15) is 22.4 Å². The number of benzene rings is 1. The van der Waals surface area contributed by atoms with E-state index in [-0.39, 0.29) is 6.04 Å². The van der Waals surface area contributed by atoms with Crippen molar-refractivity contribution >= 4 is 28.3 Å². The monoisotopic (exact) mass is 319 g/mol. The lowest BCUT2D eigenvalue weighted by molar-refractivity contribution is 0.911. The van der Waals surface area contributed by atoms with Gasteiger partial charge in [0.05, 0.1) is 0 Å². The van der Waals surface area contributed by atoms with E-state index in [9.17, 15) is 0 Å². The molecule has 3 aromatic heterocycles. The van der Waals surface area contributed by atoms with E-state index in [1.807, 2.05) is 41.9 Å². The fourth-order valence-corrected chi connectivity index (χ4v) is 3.11. The lowest BCUT2D eigenvalue weighted by atomic mass is 10.1. The standard InChI is InChI=1S/C17H13N5S/c1-2-4-12(5-3-1)15(17-20-10-11-23-17)21-14-7-6-13-16(22-14)19-9-8-18-13/h1-11,15H,(H,19,21,22). The molecule has 0 aliphatic heterocycles. The number of aromatic nitrogens is 4. The fraction of sp³-hybridized carbons (Fsp3) is 0.0588. The van der Waals surface area contributed by atoms with Gasteiger partial charge in [-0.25, -0.2) is 15.0 Å². The summed E-state index contributed by atoms with van der Waals surface area (Å²) in [7, 11) is 0. The first kappa shape index (κ1) is 13.8. The highest BCUT2D eigenvalue weighted by Crippen LogP contribution is 2.27. The Balaban J connectivity index is 1.72. The number of nitrogens with one attached hydrogen (secondary N) is 1. The van der Waals surface area contributed by atoms with Crippen LogP contribution in [0.25, 0.3) is 11.2 Å². The van der Waals surface area contributed by atoms with Crippen LogP contribution in [0.15, 0.2) is 66.4 Å². The van der Waals surface area contributed by atoms with Gasteiger partial charge >= 0.3 is 0 Å². The van der Waals surface area contributed by atoms with Gasteiger partial charge in [-0.1, -0.05) is 30.3 Å². The summed E-state index contributed by atoms with van der Waals surface area (Å²) in [4.78, 5) is 17.5. The quantitative estimate of drug-likeness (QED) is 0.621. The molecule has 4 rings (SSSR count). The van der Waals surface area contributed by atoms with Gasteiger partial charge in [-0.3, -0.25) is 4.98 Å². The molecule has 4 aromatic rings. The van der Waals surface area contributed by atoms with E-state index in [1.165, 1.54) is 0 Å². The second-order valence-corrected chi connectivity index (χ2v) is 5.88.